The van der Waals surface area contributed by atoms with Crippen LogP contribution in [0.5, 0.6) is 0 Å². The molecule has 130 valence electrons. The first-order valence-corrected chi connectivity index (χ1v) is 10.0. The quantitative estimate of drug-likeness (QED) is 0.729. The molecule has 0 aromatic carbocycles. The third-order valence-electron chi connectivity index (χ3n) is 3.55. The smallest absolute Gasteiger partial charge is 0.281 e. The first kappa shape index (κ1) is 19.7. The lowest BCUT2D eigenvalue weighted by atomic mass is 9.97. The average molecular weight is 352 g/mol. The Kier molecular flexibility index (Phi) is 7.17. The minimum Gasteiger partial charge on any atom is -0.355 e. The second-order valence-electron chi connectivity index (χ2n) is 6.72. The molecule has 1 N–H and O–H groups in total. The van der Waals surface area contributed by atoms with Crippen LogP contribution in [0.4, 0.5) is 0 Å². The fourth-order valence-corrected chi connectivity index (χ4v) is 4.21. The number of carbonyl (C=O) groups excluding carboxylic acids is 1. The lowest BCUT2D eigenvalue weighted by molar-refractivity contribution is -0.125. The molecule has 8 heteroatoms. The molecular formula is C14H29N3O3S2. The van der Waals surface area contributed by atoms with E-state index in [0.717, 1.165) is 5.75 Å². The molecule has 1 amide bonds. The topological polar surface area (TPSA) is 69.7 Å². The first-order valence-electron chi connectivity index (χ1n) is 7.63. The van der Waals surface area contributed by atoms with E-state index in [2.05, 4.69) is 26.1 Å². The standard InChI is InChI=1S/C14H29N3O3S2/c1-14(2,3)21-11-8-15-13(18)12-6-9-17(10-7-12)22(19,20)16(4)5/h12H,6-11H2,1-5H3,(H,15,18). The molecule has 0 aliphatic carbocycles. The van der Waals surface area contributed by atoms with Crippen LogP contribution in [0, 0.1) is 5.92 Å². The number of amides is 1. The molecule has 0 unspecified atom stereocenters. The Morgan fingerprint density at radius 3 is 2.27 bits per heavy atom. The minimum absolute atomic E-state index is 0.0522. The third-order valence-corrected chi connectivity index (χ3v) is 6.76. The average Bonchev–Trinajstić information content (AvgIpc) is 2.42. The fourth-order valence-electron chi connectivity index (χ4n) is 2.26. The van der Waals surface area contributed by atoms with Crippen molar-refractivity contribution in [1.29, 1.82) is 0 Å². The molecule has 1 heterocycles. The van der Waals surface area contributed by atoms with Crippen LogP contribution in [-0.4, -0.2) is 67.2 Å². The van der Waals surface area contributed by atoms with Gasteiger partial charge in [-0.3, -0.25) is 4.79 Å². The number of nitrogens with one attached hydrogen (secondary N) is 1. The zero-order valence-corrected chi connectivity index (χ0v) is 15.9. The van der Waals surface area contributed by atoms with Crippen LogP contribution in [0.2, 0.25) is 0 Å². The fraction of sp³-hybridized carbons (Fsp3) is 0.929. The predicted octanol–water partition coefficient (Wildman–Crippen LogP) is 1.15. The molecule has 1 aliphatic rings. The van der Waals surface area contributed by atoms with Crippen LogP contribution in [0.1, 0.15) is 33.6 Å². The van der Waals surface area contributed by atoms with E-state index in [1.807, 2.05) is 11.8 Å². The molecule has 6 nitrogen and oxygen atoms in total. The van der Waals surface area contributed by atoms with Gasteiger partial charge in [0.1, 0.15) is 0 Å². The maximum Gasteiger partial charge on any atom is 0.281 e. The SMILES string of the molecule is CN(C)S(=O)(=O)N1CCC(C(=O)NCCSC(C)(C)C)CC1. The molecule has 0 spiro atoms. The van der Waals surface area contributed by atoms with Gasteiger partial charge in [-0.2, -0.15) is 28.8 Å². The van der Waals surface area contributed by atoms with Crippen LogP contribution in [0.25, 0.3) is 0 Å². The largest absolute Gasteiger partial charge is 0.355 e. The van der Waals surface area contributed by atoms with E-state index in [1.54, 1.807) is 0 Å². The van der Waals surface area contributed by atoms with Crippen molar-refractivity contribution in [2.24, 2.45) is 5.92 Å². The summed E-state index contributed by atoms with van der Waals surface area (Å²) < 4.78 is 26.9. The second kappa shape index (κ2) is 7.99. The number of thioether (sulfide) groups is 1. The van der Waals surface area contributed by atoms with E-state index < -0.39 is 10.2 Å². The van der Waals surface area contributed by atoms with Crippen LogP contribution in [0.15, 0.2) is 0 Å². The minimum atomic E-state index is -3.35. The highest BCUT2D eigenvalue weighted by Gasteiger charge is 2.32. The molecule has 0 bridgehead atoms. The van der Waals surface area contributed by atoms with Crippen molar-refractivity contribution >= 4 is 27.9 Å². The Balaban J connectivity index is 2.34. The van der Waals surface area contributed by atoms with Gasteiger partial charge in [0.05, 0.1) is 0 Å². The van der Waals surface area contributed by atoms with Gasteiger partial charge < -0.3 is 5.32 Å². The highest BCUT2D eigenvalue weighted by molar-refractivity contribution is 8.00. The number of nitrogens with zero attached hydrogens (tertiary/aromatic N) is 2. The summed E-state index contributed by atoms with van der Waals surface area (Å²) in [6, 6.07) is 0. The number of carbonyl (C=O) groups is 1. The van der Waals surface area contributed by atoms with Gasteiger partial charge in [-0.15, -0.1) is 0 Å². The number of rotatable bonds is 6. The summed E-state index contributed by atoms with van der Waals surface area (Å²) in [5, 5.41) is 2.96. The zero-order valence-electron chi connectivity index (χ0n) is 14.3. The van der Waals surface area contributed by atoms with Crippen LogP contribution in [-0.2, 0) is 15.0 Å². The van der Waals surface area contributed by atoms with Crippen molar-refractivity contribution in [2.75, 3.05) is 39.5 Å². The van der Waals surface area contributed by atoms with Gasteiger partial charge in [0, 0.05) is 50.1 Å². The van der Waals surface area contributed by atoms with Crippen LogP contribution in [0.3, 0.4) is 0 Å². The van der Waals surface area contributed by atoms with E-state index in [4.69, 9.17) is 0 Å². The number of piperidine rings is 1. The summed E-state index contributed by atoms with van der Waals surface area (Å²) in [4.78, 5) is 12.1. The lowest BCUT2D eigenvalue weighted by Gasteiger charge is -2.32. The van der Waals surface area contributed by atoms with E-state index >= 15 is 0 Å². The summed E-state index contributed by atoms with van der Waals surface area (Å²) in [6.45, 7) is 7.95. The van der Waals surface area contributed by atoms with Crippen LogP contribution >= 0.6 is 11.8 Å². The molecule has 1 fully saturated rings. The predicted molar refractivity (Wildman–Crippen MR) is 92.1 cm³/mol. The highest BCUT2D eigenvalue weighted by atomic mass is 32.2. The van der Waals surface area contributed by atoms with Gasteiger partial charge in [0.25, 0.3) is 10.2 Å². The normalized spacial score (nSPS) is 18.6. The van der Waals surface area contributed by atoms with Crippen molar-refractivity contribution in [1.82, 2.24) is 13.9 Å². The molecule has 1 saturated heterocycles. The molecule has 1 rings (SSSR count). The van der Waals surface area contributed by atoms with Gasteiger partial charge in [-0.25, -0.2) is 0 Å². The summed E-state index contributed by atoms with van der Waals surface area (Å²) in [7, 11) is -0.297. The Labute approximate surface area is 139 Å². The molecule has 0 aromatic heterocycles. The van der Waals surface area contributed by atoms with Crippen molar-refractivity contribution in [3.8, 4) is 0 Å². The molecule has 1 aliphatic heterocycles. The summed E-state index contributed by atoms with van der Waals surface area (Å²) in [6.07, 6.45) is 1.18. The van der Waals surface area contributed by atoms with Crippen molar-refractivity contribution in [3.05, 3.63) is 0 Å². The highest BCUT2D eigenvalue weighted by Crippen LogP contribution is 2.23. The Morgan fingerprint density at radius 1 is 1.27 bits per heavy atom. The van der Waals surface area contributed by atoms with E-state index in [9.17, 15) is 13.2 Å². The van der Waals surface area contributed by atoms with Gasteiger partial charge in [0.15, 0.2) is 0 Å². The summed E-state index contributed by atoms with van der Waals surface area (Å²) in [5.74, 6) is 0.868. The van der Waals surface area contributed by atoms with Crippen molar-refractivity contribution < 1.29 is 13.2 Å². The third kappa shape index (κ3) is 6.06. The molecule has 0 saturated carbocycles. The molecule has 0 aromatic rings. The van der Waals surface area contributed by atoms with E-state index in [1.165, 1.54) is 22.7 Å². The Bertz CT molecular complexity index is 464. The van der Waals surface area contributed by atoms with E-state index in [-0.39, 0.29) is 16.6 Å². The van der Waals surface area contributed by atoms with Gasteiger partial charge >= 0.3 is 0 Å². The number of hydrogen-bond acceptors (Lipinski definition) is 4. The van der Waals surface area contributed by atoms with Crippen molar-refractivity contribution in [2.45, 2.75) is 38.4 Å². The second-order valence-corrected chi connectivity index (χ2v) is 10.8. The molecule has 0 atom stereocenters. The molecule has 22 heavy (non-hydrogen) atoms. The first-order chi connectivity index (χ1) is 10.0. The number of hydrogen-bond donors (Lipinski definition) is 1. The molecular weight excluding hydrogens is 322 g/mol. The summed E-state index contributed by atoms with van der Waals surface area (Å²) in [5.41, 5.74) is 0. The van der Waals surface area contributed by atoms with Gasteiger partial charge in [-0.05, 0) is 12.8 Å². The Hall–Kier alpha value is -0.310. The molecule has 0 radical (unpaired) electrons. The van der Waals surface area contributed by atoms with Crippen molar-refractivity contribution in [3.63, 3.8) is 0 Å². The zero-order chi connectivity index (χ0) is 17.0. The van der Waals surface area contributed by atoms with Crippen LogP contribution < -0.4 is 5.32 Å². The lowest BCUT2D eigenvalue weighted by Crippen LogP contribution is -2.47. The maximum atomic E-state index is 12.1. The van der Waals surface area contributed by atoms with Gasteiger partial charge in [0.2, 0.25) is 5.91 Å². The van der Waals surface area contributed by atoms with E-state index in [0.29, 0.717) is 32.5 Å². The Morgan fingerprint density at radius 2 is 1.82 bits per heavy atom. The maximum absolute atomic E-state index is 12.1. The summed E-state index contributed by atoms with van der Waals surface area (Å²) >= 11 is 1.82. The monoisotopic (exact) mass is 351 g/mol. The van der Waals surface area contributed by atoms with Gasteiger partial charge in [-0.1, -0.05) is 20.8 Å².